The molecule has 7 heteroatoms. The Bertz CT molecular complexity index is 272. The summed E-state index contributed by atoms with van der Waals surface area (Å²) in [5.41, 5.74) is 5.09. The van der Waals surface area contributed by atoms with E-state index in [0.29, 0.717) is 5.57 Å². The zero-order chi connectivity index (χ0) is 11.2. The Morgan fingerprint density at radius 3 is 1.57 bits per heavy atom. The van der Waals surface area contributed by atoms with Crippen molar-refractivity contribution >= 4 is 16.0 Å². The number of amides is 1. The van der Waals surface area contributed by atoms with Gasteiger partial charge < -0.3 is 10.3 Å². The number of primary amides is 1. The fourth-order valence-electron chi connectivity index (χ4n) is 0. The first kappa shape index (κ1) is 19.3. The van der Waals surface area contributed by atoms with Gasteiger partial charge in [-0.2, -0.15) is 0 Å². The van der Waals surface area contributed by atoms with Crippen LogP contribution in [0.1, 0.15) is 20.8 Å². The quantitative estimate of drug-likeness (QED) is 0.301. The van der Waals surface area contributed by atoms with E-state index in [2.05, 4.69) is 6.58 Å². The summed E-state index contributed by atoms with van der Waals surface area (Å²) in [4.78, 5) is 9.82. The number of nitrogens with two attached hydrogens (primary N) is 1. The predicted molar refractivity (Wildman–Crippen MR) is 48.8 cm³/mol. The normalized spacial score (nSPS) is 9.50. The summed E-state index contributed by atoms with van der Waals surface area (Å²) in [6.07, 6.45) is 0. The van der Waals surface area contributed by atoms with Gasteiger partial charge in [-0.05, 0) is 20.8 Å². The van der Waals surface area contributed by atoms with Crippen LogP contribution in [-0.2, 0) is 14.9 Å². The Kier molecular flexibility index (Phi) is 11.1. The van der Waals surface area contributed by atoms with Gasteiger partial charge in [0.25, 0.3) is 0 Å². The predicted octanol–water partition coefficient (Wildman–Crippen LogP) is -3.01. The first-order valence-corrected chi connectivity index (χ1v) is 4.96. The number of hydrogen-bond donors (Lipinski definition) is 1. The molecule has 0 aromatic heterocycles. The molecule has 0 spiro atoms. The third kappa shape index (κ3) is 14.3. The molecule has 2 N–H and O–H groups in total. The van der Waals surface area contributed by atoms with Crippen LogP contribution < -0.4 is 24.6 Å². The number of rotatable bonds is 2. The topological polar surface area (TPSA) is 100 Å². The van der Waals surface area contributed by atoms with Crippen LogP contribution in [0.5, 0.6) is 0 Å². The van der Waals surface area contributed by atoms with Crippen LogP contribution in [0.15, 0.2) is 12.2 Å². The van der Waals surface area contributed by atoms with Crippen molar-refractivity contribution in [2.24, 2.45) is 5.73 Å². The van der Waals surface area contributed by atoms with Crippen LogP contribution in [0.4, 0.5) is 0 Å². The molecule has 0 saturated heterocycles. The summed E-state index contributed by atoms with van der Waals surface area (Å²) in [6.45, 7) is 7.55. The van der Waals surface area contributed by atoms with E-state index in [4.69, 9.17) is 5.73 Å². The Labute approximate surface area is 96.7 Å². The van der Waals surface area contributed by atoms with E-state index in [9.17, 15) is 17.8 Å². The zero-order valence-corrected chi connectivity index (χ0v) is 9.72. The van der Waals surface area contributed by atoms with Gasteiger partial charge in [-0.25, -0.2) is 8.42 Å². The molecule has 0 fully saturated rings. The molecule has 0 rings (SSSR count). The Hall–Kier alpha value is -0.283. The summed E-state index contributed by atoms with van der Waals surface area (Å²) >= 11 is 0. The zero-order valence-electron chi connectivity index (χ0n) is 8.90. The number of carbonyl (C=O) groups excluding carboxylic acids is 1. The summed E-state index contributed by atoms with van der Waals surface area (Å²) in [7, 11) is -3.99. The molecule has 0 aromatic rings. The summed E-state index contributed by atoms with van der Waals surface area (Å²) in [6, 6.07) is 0. The molecule has 0 unspecified atom stereocenters. The smallest absolute Gasteiger partial charge is 0.748 e. The maximum Gasteiger partial charge on any atom is 1.00 e. The minimum absolute atomic E-state index is 0. The van der Waals surface area contributed by atoms with Crippen molar-refractivity contribution in [2.75, 3.05) is 0 Å². The average molecular weight is 215 g/mol. The van der Waals surface area contributed by atoms with Crippen molar-refractivity contribution < 1.29 is 36.6 Å². The van der Waals surface area contributed by atoms with Crippen LogP contribution in [0.3, 0.4) is 0 Å². The molecule has 0 aliphatic rings. The van der Waals surface area contributed by atoms with Gasteiger partial charge in [-0.1, -0.05) is 6.58 Å². The minimum atomic E-state index is -3.99. The summed E-state index contributed by atoms with van der Waals surface area (Å²) < 4.78 is 29.3. The van der Waals surface area contributed by atoms with E-state index in [1.807, 2.05) is 0 Å². The molecule has 0 aliphatic carbocycles. The molecule has 0 radical (unpaired) electrons. The first-order chi connectivity index (χ1) is 5.59. The van der Waals surface area contributed by atoms with Gasteiger partial charge in [0.1, 0.15) is 0 Å². The molecule has 78 valence electrons. The second kappa shape index (κ2) is 8.06. The maximum absolute atomic E-state index is 9.82. The van der Waals surface area contributed by atoms with Crippen molar-refractivity contribution in [2.45, 2.75) is 26.0 Å². The van der Waals surface area contributed by atoms with Crippen LogP contribution in [-0.4, -0.2) is 24.1 Å². The van der Waals surface area contributed by atoms with Gasteiger partial charge in [-0.15, -0.1) is 0 Å². The van der Waals surface area contributed by atoms with E-state index >= 15 is 0 Å². The van der Waals surface area contributed by atoms with E-state index < -0.39 is 21.3 Å². The average Bonchev–Trinajstić information content (AvgIpc) is 1.86. The van der Waals surface area contributed by atoms with Crippen LogP contribution in [0.2, 0.25) is 0 Å². The number of hydrogen-bond acceptors (Lipinski definition) is 4. The van der Waals surface area contributed by atoms with Gasteiger partial charge in [0.15, 0.2) is 0 Å². The molecule has 0 saturated carbocycles. The third-order valence-corrected chi connectivity index (χ3v) is 2.15. The molecular weight excluding hydrogens is 201 g/mol. The molecule has 0 aromatic carbocycles. The standard InChI is InChI=1S/C4H7NO.C3H8O3S.Li/c1-3(2)4(5)6;1-3(2)7(4,5)6;/h1H2,2H3,(H2,5,6);3H,1-2H3,(H,4,5,6);/q;;+1/p-1. The van der Waals surface area contributed by atoms with Crippen molar-refractivity contribution in [1.29, 1.82) is 0 Å². The molecule has 0 aliphatic heterocycles. The molecule has 14 heavy (non-hydrogen) atoms. The monoisotopic (exact) mass is 215 g/mol. The van der Waals surface area contributed by atoms with E-state index in [1.54, 1.807) is 6.92 Å². The van der Waals surface area contributed by atoms with Gasteiger partial charge in [0.2, 0.25) is 5.91 Å². The van der Waals surface area contributed by atoms with Gasteiger partial charge in [0.05, 0.1) is 10.1 Å². The maximum atomic E-state index is 9.82. The Balaban J connectivity index is -0.000000163. The van der Waals surface area contributed by atoms with Gasteiger partial charge in [0, 0.05) is 10.8 Å². The fraction of sp³-hybridized carbons (Fsp3) is 0.571. The fourth-order valence-corrected chi connectivity index (χ4v) is 0. The van der Waals surface area contributed by atoms with E-state index in [-0.39, 0.29) is 18.9 Å². The second-order valence-corrected chi connectivity index (χ2v) is 4.61. The van der Waals surface area contributed by atoms with E-state index in [0.717, 1.165) is 0 Å². The minimum Gasteiger partial charge on any atom is -0.748 e. The molecule has 5 nitrogen and oxygen atoms in total. The Morgan fingerprint density at radius 2 is 1.57 bits per heavy atom. The molecule has 1 amide bonds. The van der Waals surface area contributed by atoms with Crippen molar-refractivity contribution in [3.05, 3.63) is 12.2 Å². The summed E-state index contributed by atoms with van der Waals surface area (Å²) in [5.74, 6) is -0.435. The van der Waals surface area contributed by atoms with Crippen LogP contribution >= 0.6 is 0 Å². The van der Waals surface area contributed by atoms with Crippen molar-refractivity contribution in [1.82, 2.24) is 0 Å². The van der Waals surface area contributed by atoms with Crippen LogP contribution in [0, 0.1) is 0 Å². The van der Waals surface area contributed by atoms with E-state index in [1.165, 1.54) is 13.8 Å². The largest absolute Gasteiger partial charge is 1.00 e. The van der Waals surface area contributed by atoms with Crippen LogP contribution in [0.25, 0.3) is 0 Å². The second-order valence-electron chi connectivity index (χ2n) is 2.69. The first-order valence-electron chi connectivity index (χ1n) is 3.49. The SMILES string of the molecule is C=C(C)C(N)=O.CC(C)S(=O)(=O)[O-].[Li+]. The van der Waals surface area contributed by atoms with Gasteiger partial charge in [-0.3, -0.25) is 4.79 Å². The number of carbonyl (C=O) groups is 1. The molecule has 0 bridgehead atoms. The van der Waals surface area contributed by atoms with Crippen molar-refractivity contribution in [3.63, 3.8) is 0 Å². The summed E-state index contributed by atoms with van der Waals surface area (Å²) in [5, 5.41) is -0.785. The molecular formula is C7H14LiNO4S. The van der Waals surface area contributed by atoms with Gasteiger partial charge >= 0.3 is 18.9 Å². The third-order valence-electron chi connectivity index (χ3n) is 0.998. The molecule has 0 atom stereocenters. The Morgan fingerprint density at radius 1 is 1.43 bits per heavy atom. The van der Waals surface area contributed by atoms with Crippen molar-refractivity contribution in [3.8, 4) is 0 Å². The molecule has 0 heterocycles.